The molecule has 0 aliphatic heterocycles. The van der Waals surface area contributed by atoms with Crippen LogP contribution >= 0.6 is 11.3 Å². The third-order valence-corrected chi connectivity index (χ3v) is 4.23. The second kappa shape index (κ2) is 8.48. The molecule has 2 rings (SSSR count). The third kappa shape index (κ3) is 5.11. The summed E-state index contributed by atoms with van der Waals surface area (Å²) in [7, 11) is 0. The summed E-state index contributed by atoms with van der Waals surface area (Å²) in [4.78, 5) is 17.1. The topological polar surface area (TPSA) is 55.1 Å². The first-order valence-corrected chi connectivity index (χ1v) is 8.34. The second-order valence-electron chi connectivity index (χ2n) is 5.02. The molecular formula is C16H22N3O2S+. The van der Waals surface area contributed by atoms with Gasteiger partial charge in [0.25, 0.3) is 5.91 Å². The molecule has 1 N–H and O–H groups in total. The molecular weight excluding hydrogens is 298 g/mol. The van der Waals surface area contributed by atoms with Crippen LogP contribution in [0.4, 0.5) is 0 Å². The maximum Gasteiger partial charge on any atom is 0.257 e. The molecule has 6 heteroatoms. The molecule has 1 amide bonds. The van der Waals surface area contributed by atoms with Gasteiger partial charge >= 0.3 is 0 Å². The Morgan fingerprint density at radius 3 is 2.82 bits per heavy atom. The van der Waals surface area contributed by atoms with E-state index in [-0.39, 0.29) is 12.5 Å². The number of nitrogens with one attached hydrogen (secondary N) is 1. The summed E-state index contributed by atoms with van der Waals surface area (Å²) in [6.45, 7) is 5.75. The van der Waals surface area contributed by atoms with Crippen molar-refractivity contribution >= 4 is 17.2 Å². The van der Waals surface area contributed by atoms with E-state index >= 15 is 0 Å². The molecule has 118 valence electrons. The van der Waals surface area contributed by atoms with E-state index < -0.39 is 0 Å². The quantitative estimate of drug-likeness (QED) is 0.756. The fourth-order valence-electron chi connectivity index (χ4n) is 2.03. The number of carbonyl (C=O) groups excluding carboxylic acids is 1. The molecule has 0 spiro atoms. The van der Waals surface area contributed by atoms with E-state index in [2.05, 4.69) is 21.8 Å². The zero-order valence-corrected chi connectivity index (χ0v) is 13.9. The first kappa shape index (κ1) is 16.4. The van der Waals surface area contributed by atoms with Crippen LogP contribution in [0.15, 0.2) is 30.0 Å². The summed E-state index contributed by atoms with van der Waals surface area (Å²) < 4.78 is 7.56. The van der Waals surface area contributed by atoms with Crippen molar-refractivity contribution < 1.29 is 14.1 Å². The number of carbonyl (C=O) groups is 1. The van der Waals surface area contributed by atoms with Gasteiger partial charge < -0.3 is 10.1 Å². The molecule has 0 saturated carbocycles. The lowest BCUT2D eigenvalue weighted by Gasteiger charge is -2.06. The minimum absolute atomic E-state index is 0.0411. The van der Waals surface area contributed by atoms with Gasteiger partial charge in [0.2, 0.25) is 0 Å². The predicted molar refractivity (Wildman–Crippen MR) is 86.0 cm³/mol. The molecule has 22 heavy (non-hydrogen) atoms. The van der Waals surface area contributed by atoms with Crippen molar-refractivity contribution in [3.63, 3.8) is 0 Å². The maximum absolute atomic E-state index is 11.7. The normalized spacial score (nSPS) is 10.5. The molecule has 0 bridgehead atoms. The number of rotatable bonds is 8. The Morgan fingerprint density at radius 2 is 2.18 bits per heavy atom. The summed E-state index contributed by atoms with van der Waals surface area (Å²) in [5.41, 5.74) is 2.87. The van der Waals surface area contributed by atoms with Gasteiger partial charge in [-0.1, -0.05) is 6.92 Å². The summed E-state index contributed by atoms with van der Waals surface area (Å²) in [5.74, 6) is 0.605. The number of aryl methyl sites for hydroxylation is 2. The van der Waals surface area contributed by atoms with Gasteiger partial charge in [0.05, 0.1) is 11.2 Å². The molecule has 0 fully saturated rings. The molecule has 2 aromatic rings. The van der Waals surface area contributed by atoms with E-state index in [1.165, 1.54) is 4.88 Å². The Labute approximate surface area is 135 Å². The zero-order valence-electron chi connectivity index (χ0n) is 13.0. The second-order valence-corrected chi connectivity index (χ2v) is 5.96. The number of amides is 1. The molecule has 0 aromatic carbocycles. The highest BCUT2D eigenvalue weighted by molar-refractivity contribution is 7.09. The Balaban J connectivity index is 1.68. The number of hydrogen-bond donors (Lipinski definition) is 1. The molecule has 5 nitrogen and oxygen atoms in total. The average Bonchev–Trinajstić information content (AvgIpc) is 2.92. The molecule has 0 saturated heterocycles. The lowest BCUT2D eigenvalue weighted by atomic mass is 10.3. The number of hydrogen-bond acceptors (Lipinski definition) is 4. The summed E-state index contributed by atoms with van der Waals surface area (Å²) in [6.07, 6.45) is 5.82. The van der Waals surface area contributed by atoms with Crippen LogP contribution in [0.2, 0.25) is 0 Å². The van der Waals surface area contributed by atoms with E-state index in [0.29, 0.717) is 12.3 Å². The van der Waals surface area contributed by atoms with E-state index in [4.69, 9.17) is 4.74 Å². The van der Waals surface area contributed by atoms with Crippen molar-refractivity contribution in [2.75, 3.05) is 13.2 Å². The van der Waals surface area contributed by atoms with Crippen molar-refractivity contribution in [1.29, 1.82) is 0 Å². The highest BCUT2D eigenvalue weighted by atomic mass is 32.1. The zero-order chi connectivity index (χ0) is 15.8. The summed E-state index contributed by atoms with van der Waals surface area (Å²) >= 11 is 1.62. The smallest absolute Gasteiger partial charge is 0.257 e. The van der Waals surface area contributed by atoms with Crippen molar-refractivity contribution in [2.24, 2.45) is 0 Å². The van der Waals surface area contributed by atoms with Crippen molar-refractivity contribution in [1.82, 2.24) is 10.3 Å². The molecule has 2 aromatic heterocycles. The first-order valence-electron chi connectivity index (χ1n) is 7.46. The first-order chi connectivity index (χ1) is 10.7. The Kier molecular flexibility index (Phi) is 6.33. The highest BCUT2D eigenvalue weighted by Crippen LogP contribution is 2.11. The third-order valence-electron chi connectivity index (χ3n) is 3.23. The molecule has 0 aliphatic rings. The highest BCUT2D eigenvalue weighted by Gasteiger charge is 2.06. The number of nitrogens with zero attached hydrogens (tertiary/aromatic N) is 2. The number of thiazole rings is 1. The Hall–Kier alpha value is -1.95. The average molecular weight is 320 g/mol. The van der Waals surface area contributed by atoms with Crippen LogP contribution in [0.3, 0.4) is 0 Å². The van der Waals surface area contributed by atoms with Crippen LogP contribution < -0.4 is 14.6 Å². The fraction of sp³-hybridized carbons (Fsp3) is 0.438. The molecule has 0 unspecified atom stereocenters. The lowest BCUT2D eigenvalue weighted by Crippen LogP contribution is -2.32. The van der Waals surface area contributed by atoms with Gasteiger partial charge in [-0.2, -0.15) is 0 Å². The Bertz CT molecular complexity index is 596. The Morgan fingerprint density at radius 1 is 1.41 bits per heavy atom. The van der Waals surface area contributed by atoms with E-state index in [1.807, 2.05) is 37.0 Å². The molecule has 2 heterocycles. The van der Waals surface area contributed by atoms with Gasteiger partial charge in [-0.3, -0.25) is 4.79 Å². The molecule has 0 atom stereocenters. The standard InChI is InChI=1S/C16H21N3O2S/c1-3-8-19-9-5-14(6-10-19)21-11-16(20)17-7-4-15-13(2)18-12-22-15/h5-6,9-10,12H,3-4,7-8,11H2,1-2H3/p+1. The van der Waals surface area contributed by atoms with Crippen molar-refractivity contribution in [3.05, 3.63) is 40.6 Å². The van der Waals surface area contributed by atoms with Crippen LogP contribution in [-0.2, 0) is 17.8 Å². The van der Waals surface area contributed by atoms with Crippen LogP contribution in [0.1, 0.15) is 23.9 Å². The van der Waals surface area contributed by atoms with E-state index in [1.54, 1.807) is 11.3 Å². The maximum atomic E-state index is 11.7. The van der Waals surface area contributed by atoms with Crippen LogP contribution in [0.25, 0.3) is 0 Å². The van der Waals surface area contributed by atoms with Crippen LogP contribution in [0.5, 0.6) is 5.75 Å². The minimum atomic E-state index is -0.104. The van der Waals surface area contributed by atoms with Crippen molar-refractivity contribution in [3.8, 4) is 5.75 Å². The van der Waals surface area contributed by atoms with Crippen molar-refractivity contribution in [2.45, 2.75) is 33.2 Å². The van der Waals surface area contributed by atoms with Gasteiger partial charge in [0, 0.05) is 36.4 Å². The summed E-state index contributed by atoms with van der Waals surface area (Å²) in [6, 6.07) is 3.76. The van der Waals surface area contributed by atoms with Crippen LogP contribution in [0, 0.1) is 6.92 Å². The molecule has 0 radical (unpaired) electrons. The predicted octanol–water partition coefficient (Wildman–Crippen LogP) is 1.89. The van der Waals surface area contributed by atoms with E-state index in [9.17, 15) is 4.79 Å². The monoisotopic (exact) mass is 320 g/mol. The van der Waals surface area contributed by atoms with Gasteiger partial charge in [-0.25, -0.2) is 9.55 Å². The number of pyridine rings is 1. The SMILES string of the molecule is CCC[n+]1ccc(OCC(=O)NCCc2scnc2C)cc1. The number of aromatic nitrogens is 2. The number of ether oxygens (including phenoxy) is 1. The summed E-state index contributed by atoms with van der Waals surface area (Å²) in [5, 5.41) is 2.86. The lowest BCUT2D eigenvalue weighted by molar-refractivity contribution is -0.697. The van der Waals surface area contributed by atoms with Gasteiger partial charge in [0.1, 0.15) is 12.3 Å². The van der Waals surface area contributed by atoms with E-state index in [0.717, 1.165) is 25.1 Å². The van der Waals surface area contributed by atoms with Gasteiger partial charge in [0.15, 0.2) is 19.0 Å². The molecule has 0 aliphatic carbocycles. The fourth-order valence-corrected chi connectivity index (χ4v) is 2.81. The largest absolute Gasteiger partial charge is 0.483 e. The van der Waals surface area contributed by atoms with Crippen LogP contribution in [-0.4, -0.2) is 24.0 Å². The van der Waals surface area contributed by atoms with Gasteiger partial charge in [-0.05, 0) is 6.92 Å². The minimum Gasteiger partial charge on any atom is -0.483 e. The van der Waals surface area contributed by atoms with Gasteiger partial charge in [-0.15, -0.1) is 11.3 Å².